The van der Waals surface area contributed by atoms with Crippen LogP contribution in [0.5, 0.6) is 0 Å². The van der Waals surface area contributed by atoms with E-state index < -0.39 is 47.5 Å². The third-order valence-corrected chi connectivity index (χ3v) is 5.57. The van der Waals surface area contributed by atoms with Crippen LogP contribution in [0, 0.1) is 11.3 Å². The van der Waals surface area contributed by atoms with E-state index in [1.165, 1.54) is 11.8 Å². The number of aliphatic imine (C=N–C) groups is 1. The average Bonchev–Trinajstić information content (AvgIpc) is 2.90. The molecule has 204 valence electrons. The number of aromatic nitrogens is 2. The summed E-state index contributed by atoms with van der Waals surface area (Å²) in [6.45, 7) is 3.25. The molecule has 1 aliphatic heterocycles. The Labute approximate surface area is 221 Å². The maximum absolute atomic E-state index is 13.4. The zero-order chi connectivity index (χ0) is 28.7. The fraction of sp³-hybridized carbons (Fsp3) is 0.320. The summed E-state index contributed by atoms with van der Waals surface area (Å²) < 4.78 is 39.2. The van der Waals surface area contributed by atoms with Crippen molar-refractivity contribution in [2.45, 2.75) is 44.9 Å². The highest BCUT2D eigenvalue weighted by atomic mass is 19.4. The predicted molar refractivity (Wildman–Crippen MR) is 133 cm³/mol. The van der Waals surface area contributed by atoms with Gasteiger partial charge < -0.3 is 16.4 Å². The monoisotopic (exact) mass is 542 g/mol. The number of nitriles is 1. The van der Waals surface area contributed by atoms with Gasteiger partial charge in [0.15, 0.2) is 0 Å². The average molecular weight is 543 g/mol. The Morgan fingerprint density at radius 3 is 2.59 bits per heavy atom. The molecule has 1 unspecified atom stereocenters. The molecule has 0 saturated carbocycles. The normalized spacial score (nSPS) is 18.8. The summed E-state index contributed by atoms with van der Waals surface area (Å²) in [5, 5.41) is 13.8. The third-order valence-electron chi connectivity index (χ3n) is 5.57. The van der Waals surface area contributed by atoms with Crippen LogP contribution < -0.4 is 16.4 Å². The largest absolute Gasteiger partial charge is 0.433 e. The SMILES string of the molecule is CCN1C(=O)C(NC(=O)c2nccc(C(F)(F)F)n2)C/C(=C(/N)CC(=O)N[C@@H](C)C#N)C1=Nc1ccccc1. The number of amides is 3. The fourth-order valence-electron chi connectivity index (χ4n) is 3.74. The van der Waals surface area contributed by atoms with E-state index in [0.29, 0.717) is 11.8 Å². The molecule has 0 aliphatic carbocycles. The van der Waals surface area contributed by atoms with Gasteiger partial charge in [-0.25, -0.2) is 15.0 Å². The second-order valence-corrected chi connectivity index (χ2v) is 8.45. The van der Waals surface area contributed by atoms with E-state index in [0.717, 1.165) is 6.20 Å². The second kappa shape index (κ2) is 12.2. The zero-order valence-corrected chi connectivity index (χ0v) is 21.0. The summed E-state index contributed by atoms with van der Waals surface area (Å²) in [6, 6.07) is 9.10. The standard InChI is InChI=1S/C25H25F3N8O3/c1-3-36-22(33-15-7-5-4-6-8-15)16(17(30)12-20(37)32-14(2)13-29)11-18(24(36)39)34-23(38)21-31-10-9-19(35-21)25(26,27)28/h4-10,14,18H,3,11-12,30H2,1-2H3,(H,32,37)(H,34,38)/b17-16-,33-22?/t14-,18?/m0/s1. The number of nitrogens with two attached hydrogens (primary N) is 1. The quantitative estimate of drug-likeness (QED) is 0.482. The molecule has 39 heavy (non-hydrogen) atoms. The van der Waals surface area contributed by atoms with E-state index in [1.807, 2.05) is 6.07 Å². The minimum Gasteiger partial charge on any atom is -0.401 e. The number of halogens is 3. The number of carbonyl (C=O) groups is 3. The molecular formula is C25H25F3N8O3. The van der Waals surface area contributed by atoms with E-state index >= 15 is 0 Å². The predicted octanol–water partition coefficient (Wildman–Crippen LogP) is 2.21. The molecule has 2 aromatic rings. The van der Waals surface area contributed by atoms with Crippen LogP contribution in [-0.4, -0.2) is 57.1 Å². The number of alkyl halides is 3. The molecule has 0 spiro atoms. The van der Waals surface area contributed by atoms with Gasteiger partial charge in [-0.2, -0.15) is 18.4 Å². The lowest BCUT2D eigenvalue weighted by atomic mass is 9.94. The molecule has 1 fully saturated rings. The number of rotatable bonds is 7. The molecule has 14 heteroatoms. The number of para-hydroxylation sites is 1. The van der Waals surface area contributed by atoms with Gasteiger partial charge in [-0.3, -0.25) is 19.3 Å². The number of benzene rings is 1. The molecule has 1 aromatic carbocycles. The van der Waals surface area contributed by atoms with Gasteiger partial charge >= 0.3 is 6.18 Å². The first kappa shape index (κ1) is 28.8. The molecule has 1 saturated heterocycles. The number of hydrogen-bond acceptors (Lipinski definition) is 8. The Morgan fingerprint density at radius 2 is 1.97 bits per heavy atom. The molecule has 3 rings (SSSR count). The van der Waals surface area contributed by atoms with Gasteiger partial charge in [0.1, 0.15) is 23.6 Å². The highest BCUT2D eigenvalue weighted by Gasteiger charge is 2.39. The Balaban J connectivity index is 1.99. The number of amidine groups is 1. The number of nitrogens with zero attached hydrogens (tertiary/aromatic N) is 5. The van der Waals surface area contributed by atoms with Gasteiger partial charge in [0.2, 0.25) is 11.7 Å². The van der Waals surface area contributed by atoms with Crippen molar-refractivity contribution in [3.05, 3.63) is 65.4 Å². The van der Waals surface area contributed by atoms with Crippen molar-refractivity contribution in [3.8, 4) is 6.07 Å². The van der Waals surface area contributed by atoms with Crippen molar-refractivity contribution in [1.29, 1.82) is 5.26 Å². The van der Waals surface area contributed by atoms with E-state index in [4.69, 9.17) is 11.0 Å². The highest BCUT2D eigenvalue weighted by Crippen LogP contribution is 2.28. The summed E-state index contributed by atoms with van der Waals surface area (Å²) in [7, 11) is 0. The maximum Gasteiger partial charge on any atom is 0.433 e. The van der Waals surface area contributed by atoms with Crippen molar-refractivity contribution in [3.63, 3.8) is 0 Å². The van der Waals surface area contributed by atoms with Crippen molar-refractivity contribution in [2.75, 3.05) is 6.54 Å². The maximum atomic E-state index is 13.4. The van der Waals surface area contributed by atoms with Gasteiger partial charge in [0.05, 0.1) is 18.2 Å². The van der Waals surface area contributed by atoms with Crippen LogP contribution in [0.2, 0.25) is 0 Å². The number of carbonyl (C=O) groups excluding carboxylic acids is 3. The van der Waals surface area contributed by atoms with Crippen LogP contribution in [0.15, 0.2) is 58.9 Å². The molecule has 3 amide bonds. The van der Waals surface area contributed by atoms with Crippen molar-refractivity contribution >= 4 is 29.2 Å². The first-order valence-electron chi connectivity index (χ1n) is 11.8. The molecule has 1 aliphatic rings. The zero-order valence-electron chi connectivity index (χ0n) is 21.0. The number of piperidine rings is 1. The van der Waals surface area contributed by atoms with E-state index in [-0.39, 0.29) is 36.5 Å². The van der Waals surface area contributed by atoms with Crippen LogP contribution in [0.1, 0.15) is 43.0 Å². The molecular weight excluding hydrogens is 517 g/mol. The van der Waals surface area contributed by atoms with E-state index in [2.05, 4.69) is 25.6 Å². The lowest BCUT2D eigenvalue weighted by Gasteiger charge is -2.35. The lowest BCUT2D eigenvalue weighted by Crippen LogP contribution is -2.56. The summed E-state index contributed by atoms with van der Waals surface area (Å²) in [4.78, 5) is 51.2. The van der Waals surface area contributed by atoms with Gasteiger partial charge in [-0.1, -0.05) is 18.2 Å². The van der Waals surface area contributed by atoms with Crippen molar-refractivity contribution in [2.24, 2.45) is 10.7 Å². The van der Waals surface area contributed by atoms with Crippen molar-refractivity contribution < 1.29 is 27.6 Å². The molecule has 11 nitrogen and oxygen atoms in total. The van der Waals surface area contributed by atoms with Crippen LogP contribution in [0.3, 0.4) is 0 Å². The first-order valence-corrected chi connectivity index (χ1v) is 11.8. The number of likely N-dealkylation sites (tertiary alicyclic amines) is 1. The molecule has 0 radical (unpaired) electrons. The summed E-state index contributed by atoms with van der Waals surface area (Å²) in [5.41, 5.74) is 5.79. The van der Waals surface area contributed by atoms with Gasteiger partial charge in [-0.05, 0) is 32.0 Å². The Morgan fingerprint density at radius 1 is 1.28 bits per heavy atom. The highest BCUT2D eigenvalue weighted by molar-refractivity contribution is 6.14. The summed E-state index contributed by atoms with van der Waals surface area (Å²) >= 11 is 0. The molecule has 2 heterocycles. The topological polar surface area (TPSA) is 166 Å². The number of nitrogens with one attached hydrogen (secondary N) is 2. The fourth-order valence-corrected chi connectivity index (χ4v) is 3.74. The minimum absolute atomic E-state index is 0.0350. The van der Waals surface area contributed by atoms with Crippen LogP contribution in [0.25, 0.3) is 0 Å². The summed E-state index contributed by atoms with van der Waals surface area (Å²) in [6.07, 6.45) is -4.55. The van der Waals surface area contributed by atoms with Gasteiger partial charge in [0, 0.05) is 30.4 Å². The number of hydrogen-bond donors (Lipinski definition) is 3. The molecule has 1 aromatic heterocycles. The van der Waals surface area contributed by atoms with Crippen LogP contribution >= 0.6 is 0 Å². The van der Waals surface area contributed by atoms with Crippen molar-refractivity contribution in [1.82, 2.24) is 25.5 Å². The van der Waals surface area contributed by atoms with Crippen LogP contribution in [-0.2, 0) is 15.8 Å². The number of likely N-dealkylation sites (N-methyl/N-ethyl adjacent to an activating group) is 1. The Hall–Kier alpha value is -4.80. The van der Waals surface area contributed by atoms with Crippen LogP contribution in [0.4, 0.5) is 18.9 Å². The van der Waals surface area contributed by atoms with Gasteiger partial charge in [-0.15, -0.1) is 0 Å². The summed E-state index contributed by atoms with van der Waals surface area (Å²) in [5.74, 6) is -2.85. The Kier molecular flexibility index (Phi) is 8.97. The first-order chi connectivity index (χ1) is 18.4. The van der Waals surface area contributed by atoms with E-state index in [9.17, 15) is 27.6 Å². The lowest BCUT2D eigenvalue weighted by molar-refractivity contribution is -0.141. The molecule has 2 atom stereocenters. The Bertz CT molecular complexity index is 1350. The third kappa shape index (κ3) is 7.16. The van der Waals surface area contributed by atoms with Gasteiger partial charge in [0.25, 0.3) is 11.8 Å². The second-order valence-electron chi connectivity index (χ2n) is 8.45. The smallest absolute Gasteiger partial charge is 0.401 e. The van der Waals surface area contributed by atoms with E-state index in [1.54, 1.807) is 37.3 Å². The molecule has 4 N–H and O–H groups in total. The minimum atomic E-state index is -4.80. The molecule has 0 bridgehead atoms.